The quantitative estimate of drug-likeness (QED) is 0.866. The Morgan fingerprint density at radius 3 is 2.71 bits per heavy atom. The summed E-state index contributed by atoms with van der Waals surface area (Å²) in [5, 5.41) is 3.64. The van der Waals surface area contributed by atoms with Crippen molar-refractivity contribution < 1.29 is 14.2 Å². The molecule has 2 aliphatic rings. The van der Waals surface area contributed by atoms with Crippen molar-refractivity contribution >= 4 is 0 Å². The summed E-state index contributed by atoms with van der Waals surface area (Å²) in [7, 11) is 3.57. The fraction of sp³-hybridized carbons (Fsp3) is 0.684. The van der Waals surface area contributed by atoms with Gasteiger partial charge in [0.2, 0.25) is 0 Å². The van der Waals surface area contributed by atoms with Gasteiger partial charge in [0.25, 0.3) is 0 Å². The van der Waals surface area contributed by atoms with E-state index in [4.69, 9.17) is 14.2 Å². The van der Waals surface area contributed by atoms with Crippen LogP contribution < -0.4 is 14.8 Å². The van der Waals surface area contributed by atoms with E-state index >= 15 is 0 Å². The molecule has 24 heavy (non-hydrogen) atoms. The Morgan fingerprint density at radius 1 is 1.25 bits per heavy atom. The Labute approximate surface area is 145 Å². The van der Waals surface area contributed by atoms with E-state index in [1.165, 1.54) is 16.7 Å². The van der Waals surface area contributed by atoms with Gasteiger partial charge >= 0.3 is 0 Å². The summed E-state index contributed by atoms with van der Waals surface area (Å²) in [6.45, 7) is 7.69. The van der Waals surface area contributed by atoms with Gasteiger partial charge in [0.15, 0.2) is 0 Å². The molecule has 5 heteroatoms. The monoisotopic (exact) mass is 334 g/mol. The second-order valence-corrected chi connectivity index (χ2v) is 6.60. The number of morpholine rings is 1. The maximum Gasteiger partial charge on any atom is 0.127 e. The first-order valence-electron chi connectivity index (χ1n) is 9.08. The van der Waals surface area contributed by atoms with Crippen molar-refractivity contribution in [3.05, 3.63) is 22.8 Å². The summed E-state index contributed by atoms with van der Waals surface area (Å²) in [5.74, 6) is 2.06. The van der Waals surface area contributed by atoms with Gasteiger partial charge in [0, 0.05) is 42.4 Å². The summed E-state index contributed by atoms with van der Waals surface area (Å²) < 4.78 is 17.1. The van der Waals surface area contributed by atoms with Crippen molar-refractivity contribution in [2.45, 2.75) is 38.8 Å². The molecule has 2 aliphatic heterocycles. The molecule has 1 saturated heterocycles. The van der Waals surface area contributed by atoms with Crippen LogP contribution in [0.4, 0.5) is 0 Å². The van der Waals surface area contributed by atoms with Crippen molar-refractivity contribution in [3.8, 4) is 11.5 Å². The van der Waals surface area contributed by atoms with E-state index in [-0.39, 0.29) is 0 Å². The molecule has 1 fully saturated rings. The van der Waals surface area contributed by atoms with Crippen molar-refractivity contribution in [2.75, 3.05) is 47.1 Å². The van der Waals surface area contributed by atoms with E-state index < -0.39 is 0 Å². The predicted octanol–water partition coefficient (Wildman–Crippen LogP) is 2.52. The average Bonchev–Trinajstić information content (AvgIpc) is 2.62. The Morgan fingerprint density at radius 2 is 2.04 bits per heavy atom. The summed E-state index contributed by atoms with van der Waals surface area (Å²) >= 11 is 0. The lowest BCUT2D eigenvalue weighted by Gasteiger charge is -2.32. The predicted molar refractivity (Wildman–Crippen MR) is 95.0 cm³/mol. The molecule has 134 valence electrons. The molecule has 1 aromatic carbocycles. The second-order valence-electron chi connectivity index (χ2n) is 6.60. The lowest BCUT2D eigenvalue weighted by Crippen LogP contribution is -2.36. The van der Waals surface area contributed by atoms with Crippen LogP contribution in [0, 0.1) is 0 Å². The van der Waals surface area contributed by atoms with E-state index in [9.17, 15) is 0 Å². The van der Waals surface area contributed by atoms with Gasteiger partial charge in [-0.2, -0.15) is 0 Å². The first-order chi connectivity index (χ1) is 11.8. The Kier molecular flexibility index (Phi) is 5.98. The fourth-order valence-electron chi connectivity index (χ4n) is 3.95. The van der Waals surface area contributed by atoms with Crippen LogP contribution in [0.25, 0.3) is 0 Å². The van der Waals surface area contributed by atoms with Gasteiger partial charge in [-0.15, -0.1) is 0 Å². The molecule has 0 amide bonds. The number of fused-ring (bicyclic) bond motifs is 1. The lowest BCUT2D eigenvalue weighted by atomic mass is 9.88. The number of rotatable bonds is 6. The van der Waals surface area contributed by atoms with E-state index in [0.29, 0.717) is 6.04 Å². The van der Waals surface area contributed by atoms with Gasteiger partial charge in [-0.05, 0) is 25.5 Å². The molecule has 5 nitrogen and oxygen atoms in total. The Balaban J connectivity index is 1.97. The van der Waals surface area contributed by atoms with Crippen LogP contribution in [0.5, 0.6) is 11.5 Å². The normalized spacial score (nSPS) is 21.4. The molecule has 0 saturated carbocycles. The first kappa shape index (κ1) is 17.5. The topological polar surface area (TPSA) is 43.0 Å². The van der Waals surface area contributed by atoms with Crippen molar-refractivity contribution in [2.24, 2.45) is 0 Å². The molecule has 1 aromatic rings. The van der Waals surface area contributed by atoms with E-state index in [1.54, 1.807) is 14.2 Å². The first-order valence-corrected chi connectivity index (χ1v) is 9.08. The third-order valence-corrected chi connectivity index (χ3v) is 5.07. The largest absolute Gasteiger partial charge is 0.496 e. The molecule has 1 unspecified atom stereocenters. The van der Waals surface area contributed by atoms with Crippen LogP contribution in [-0.4, -0.2) is 52.0 Å². The maximum absolute atomic E-state index is 5.87. The third-order valence-electron chi connectivity index (χ3n) is 5.07. The molecule has 1 N–H and O–H groups in total. The molecule has 3 rings (SSSR count). The van der Waals surface area contributed by atoms with Gasteiger partial charge in [-0.3, -0.25) is 4.90 Å². The van der Waals surface area contributed by atoms with Gasteiger partial charge in [0.1, 0.15) is 11.5 Å². The standard InChI is InChI=1S/C19H30N2O3/c1-4-5-16-18-15(6-7-20-16)19(23-3)14(12-17(18)22-2)13-21-8-10-24-11-9-21/h12,16,20H,4-11,13H2,1-3H3. The number of nitrogens with zero attached hydrogens (tertiary/aromatic N) is 1. The molecule has 0 aliphatic carbocycles. The second kappa shape index (κ2) is 8.19. The summed E-state index contributed by atoms with van der Waals surface area (Å²) in [6.07, 6.45) is 3.26. The summed E-state index contributed by atoms with van der Waals surface area (Å²) in [4.78, 5) is 2.43. The van der Waals surface area contributed by atoms with Gasteiger partial charge in [-0.1, -0.05) is 13.3 Å². The van der Waals surface area contributed by atoms with Crippen molar-refractivity contribution in [3.63, 3.8) is 0 Å². The third kappa shape index (κ3) is 3.53. The summed E-state index contributed by atoms with van der Waals surface area (Å²) in [6, 6.07) is 2.54. The van der Waals surface area contributed by atoms with E-state index in [0.717, 1.165) is 70.2 Å². The van der Waals surface area contributed by atoms with Gasteiger partial charge in [-0.25, -0.2) is 0 Å². The molecular formula is C19H30N2O3. The SMILES string of the molecule is CCCC1NCCc2c(OC)c(CN3CCOCC3)cc(OC)c21. The zero-order valence-corrected chi connectivity index (χ0v) is 15.2. The van der Waals surface area contributed by atoms with Crippen LogP contribution in [0.1, 0.15) is 42.5 Å². The Hall–Kier alpha value is -1.30. The highest BCUT2D eigenvalue weighted by atomic mass is 16.5. The molecule has 0 aromatic heterocycles. The van der Waals surface area contributed by atoms with Crippen molar-refractivity contribution in [1.82, 2.24) is 10.2 Å². The molecule has 2 heterocycles. The van der Waals surface area contributed by atoms with Crippen LogP contribution in [0.15, 0.2) is 6.07 Å². The highest BCUT2D eigenvalue weighted by Crippen LogP contribution is 2.42. The molecule has 0 bridgehead atoms. The van der Waals surface area contributed by atoms with E-state index in [1.807, 2.05) is 0 Å². The number of hydrogen-bond acceptors (Lipinski definition) is 5. The fourth-order valence-corrected chi connectivity index (χ4v) is 3.95. The minimum atomic E-state index is 0.361. The van der Waals surface area contributed by atoms with Crippen LogP contribution in [0.3, 0.4) is 0 Å². The molecule has 1 atom stereocenters. The van der Waals surface area contributed by atoms with Crippen molar-refractivity contribution in [1.29, 1.82) is 0 Å². The number of benzene rings is 1. The molecule has 0 radical (unpaired) electrons. The minimum absolute atomic E-state index is 0.361. The highest BCUT2D eigenvalue weighted by Gasteiger charge is 2.28. The summed E-state index contributed by atoms with van der Waals surface area (Å²) in [5.41, 5.74) is 3.86. The zero-order valence-electron chi connectivity index (χ0n) is 15.2. The van der Waals surface area contributed by atoms with Crippen LogP contribution in [-0.2, 0) is 17.7 Å². The van der Waals surface area contributed by atoms with Gasteiger partial charge < -0.3 is 19.5 Å². The highest BCUT2D eigenvalue weighted by molar-refractivity contribution is 5.56. The lowest BCUT2D eigenvalue weighted by molar-refractivity contribution is 0.0338. The minimum Gasteiger partial charge on any atom is -0.496 e. The number of hydrogen-bond donors (Lipinski definition) is 1. The smallest absolute Gasteiger partial charge is 0.127 e. The zero-order chi connectivity index (χ0) is 16.9. The average molecular weight is 334 g/mol. The maximum atomic E-state index is 5.87. The number of ether oxygens (including phenoxy) is 3. The van der Waals surface area contributed by atoms with E-state index in [2.05, 4.69) is 23.2 Å². The van der Waals surface area contributed by atoms with Gasteiger partial charge in [0.05, 0.1) is 27.4 Å². The Bertz CT molecular complexity index is 556. The molecular weight excluding hydrogens is 304 g/mol. The number of methoxy groups -OCH3 is 2. The van der Waals surface area contributed by atoms with Crippen LogP contribution >= 0.6 is 0 Å². The molecule has 0 spiro atoms. The number of nitrogens with one attached hydrogen (secondary N) is 1. The van der Waals surface area contributed by atoms with Crippen LogP contribution in [0.2, 0.25) is 0 Å².